The summed E-state index contributed by atoms with van der Waals surface area (Å²) in [6, 6.07) is 15.6. The molecule has 0 saturated heterocycles. The first kappa shape index (κ1) is 15.6. The predicted octanol–water partition coefficient (Wildman–Crippen LogP) is 4.75. The molecular weight excluding hydrogens is 282 g/mol. The van der Waals surface area contributed by atoms with E-state index < -0.39 is 0 Å². The second-order valence-corrected chi connectivity index (χ2v) is 5.48. The van der Waals surface area contributed by atoms with Crippen LogP contribution >= 0.6 is 11.6 Å². The Labute approximate surface area is 131 Å². The van der Waals surface area contributed by atoms with E-state index in [0.29, 0.717) is 23.6 Å². The second kappa shape index (κ2) is 7.28. The number of hydrogen-bond acceptors (Lipinski definition) is 2. The van der Waals surface area contributed by atoms with Crippen molar-refractivity contribution in [2.45, 2.75) is 20.3 Å². The van der Waals surface area contributed by atoms with E-state index in [4.69, 9.17) is 11.6 Å². The molecule has 2 aromatic rings. The monoisotopic (exact) mass is 301 g/mol. The van der Waals surface area contributed by atoms with Crippen molar-refractivity contribution < 1.29 is 4.79 Å². The Hall–Kier alpha value is -1.80. The maximum absolute atomic E-state index is 12.3. The van der Waals surface area contributed by atoms with Crippen molar-refractivity contribution in [1.82, 2.24) is 0 Å². The zero-order chi connectivity index (χ0) is 15.2. The molecule has 0 spiro atoms. The second-order valence-electron chi connectivity index (χ2n) is 5.07. The Balaban J connectivity index is 2.02. The van der Waals surface area contributed by atoms with Gasteiger partial charge in [-0.2, -0.15) is 0 Å². The molecule has 2 nitrogen and oxygen atoms in total. The number of ketones is 1. The Morgan fingerprint density at radius 2 is 1.76 bits per heavy atom. The van der Waals surface area contributed by atoms with E-state index in [0.717, 1.165) is 12.2 Å². The minimum absolute atomic E-state index is 0.0890. The normalized spacial score (nSPS) is 10.4. The van der Waals surface area contributed by atoms with Crippen LogP contribution in [-0.2, 0) is 0 Å². The maximum atomic E-state index is 12.3. The van der Waals surface area contributed by atoms with Crippen LogP contribution in [0, 0.1) is 6.92 Å². The largest absolute Gasteiger partial charge is 0.371 e. The summed E-state index contributed by atoms with van der Waals surface area (Å²) in [5.41, 5.74) is 3.00. The van der Waals surface area contributed by atoms with Crippen LogP contribution in [0.3, 0.4) is 0 Å². The molecule has 0 radical (unpaired) electrons. The summed E-state index contributed by atoms with van der Waals surface area (Å²) >= 11 is 6.07. The SMILES string of the molecule is CCN(CCC(=O)c1ccccc1Cl)c1ccc(C)cc1. The van der Waals surface area contributed by atoms with Crippen molar-refractivity contribution >= 4 is 23.1 Å². The number of benzene rings is 2. The smallest absolute Gasteiger partial charge is 0.166 e. The molecular formula is C18H20ClNO. The van der Waals surface area contributed by atoms with Crippen LogP contribution < -0.4 is 4.90 Å². The summed E-state index contributed by atoms with van der Waals surface area (Å²) in [5.74, 6) is 0.0890. The summed E-state index contributed by atoms with van der Waals surface area (Å²) in [4.78, 5) is 14.5. The maximum Gasteiger partial charge on any atom is 0.166 e. The molecule has 0 aliphatic heterocycles. The molecule has 110 valence electrons. The van der Waals surface area contributed by atoms with Gasteiger partial charge in [-0.05, 0) is 38.1 Å². The number of anilines is 1. The fraction of sp³-hybridized carbons (Fsp3) is 0.278. The van der Waals surface area contributed by atoms with Gasteiger partial charge in [-0.3, -0.25) is 4.79 Å². The number of nitrogens with zero attached hydrogens (tertiary/aromatic N) is 1. The molecule has 0 aromatic heterocycles. The van der Waals surface area contributed by atoms with Crippen LogP contribution in [0.5, 0.6) is 0 Å². The molecule has 0 heterocycles. The Morgan fingerprint density at radius 3 is 2.38 bits per heavy atom. The minimum atomic E-state index is 0.0890. The van der Waals surface area contributed by atoms with E-state index in [1.54, 1.807) is 12.1 Å². The molecule has 0 aliphatic rings. The molecule has 2 aromatic carbocycles. The lowest BCUT2D eigenvalue weighted by Gasteiger charge is -2.23. The first-order chi connectivity index (χ1) is 10.1. The van der Waals surface area contributed by atoms with Crippen LogP contribution in [0.15, 0.2) is 48.5 Å². The van der Waals surface area contributed by atoms with Gasteiger partial charge in [0.25, 0.3) is 0 Å². The van der Waals surface area contributed by atoms with Gasteiger partial charge in [0, 0.05) is 30.8 Å². The molecule has 0 saturated carbocycles. The quantitative estimate of drug-likeness (QED) is 0.718. The van der Waals surface area contributed by atoms with E-state index in [1.807, 2.05) is 12.1 Å². The molecule has 2 rings (SSSR count). The summed E-state index contributed by atoms with van der Waals surface area (Å²) < 4.78 is 0. The van der Waals surface area contributed by atoms with E-state index >= 15 is 0 Å². The number of rotatable bonds is 6. The molecule has 0 atom stereocenters. The lowest BCUT2D eigenvalue weighted by molar-refractivity contribution is 0.0985. The van der Waals surface area contributed by atoms with Crippen LogP contribution in [0.1, 0.15) is 29.3 Å². The van der Waals surface area contributed by atoms with Gasteiger partial charge in [0.2, 0.25) is 0 Å². The van der Waals surface area contributed by atoms with E-state index in [1.165, 1.54) is 5.56 Å². The summed E-state index contributed by atoms with van der Waals surface area (Å²) in [6.07, 6.45) is 0.464. The van der Waals surface area contributed by atoms with Crippen molar-refractivity contribution in [3.8, 4) is 0 Å². The fourth-order valence-electron chi connectivity index (χ4n) is 2.28. The highest BCUT2D eigenvalue weighted by Gasteiger charge is 2.12. The predicted molar refractivity (Wildman–Crippen MR) is 89.5 cm³/mol. The highest BCUT2D eigenvalue weighted by atomic mass is 35.5. The standard InChI is InChI=1S/C18H20ClNO/c1-3-20(15-10-8-14(2)9-11-15)13-12-18(21)16-6-4-5-7-17(16)19/h4-11H,3,12-13H2,1-2H3. The first-order valence-corrected chi connectivity index (χ1v) is 7.59. The van der Waals surface area contributed by atoms with Gasteiger partial charge in [-0.15, -0.1) is 0 Å². The molecule has 0 N–H and O–H groups in total. The van der Waals surface area contributed by atoms with Crippen LogP contribution in [0.4, 0.5) is 5.69 Å². The van der Waals surface area contributed by atoms with Crippen molar-refractivity contribution in [3.63, 3.8) is 0 Å². The Kier molecular flexibility index (Phi) is 5.40. The van der Waals surface area contributed by atoms with E-state index in [2.05, 4.69) is 43.0 Å². The summed E-state index contributed by atoms with van der Waals surface area (Å²) in [6.45, 7) is 5.74. The summed E-state index contributed by atoms with van der Waals surface area (Å²) in [7, 11) is 0. The van der Waals surface area contributed by atoms with E-state index in [-0.39, 0.29) is 5.78 Å². The lowest BCUT2D eigenvalue weighted by Crippen LogP contribution is -2.25. The van der Waals surface area contributed by atoms with Gasteiger partial charge in [-0.1, -0.05) is 41.4 Å². The van der Waals surface area contributed by atoms with Crippen molar-refractivity contribution in [2.24, 2.45) is 0 Å². The zero-order valence-electron chi connectivity index (χ0n) is 12.5. The number of halogens is 1. The van der Waals surface area contributed by atoms with Gasteiger partial charge in [-0.25, -0.2) is 0 Å². The molecule has 0 amide bonds. The van der Waals surface area contributed by atoms with Gasteiger partial charge in [0.1, 0.15) is 0 Å². The highest BCUT2D eigenvalue weighted by Crippen LogP contribution is 2.19. The Bertz CT molecular complexity index is 607. The van der Waals surface area contributed by atoms with E-state index in [9.17, 15) is 4.79 Å². The molecule has 21 heavy (non-hydrogen) atoms. The van der Waals surface area contributed by atoms with Gasteiger partial charge < -0.3 is 4.90 Å². The topological polar surface area (TPSA) is 20.3 Å². The molecule has 0 bridgehead atoms. The van der Waals surface area contributed by atoms with Crippen LogP contribution in [0.2, 0.25) is 5.02 Å². The number of aryl methyl sites for hydroxylation is 1. The minimum Gasteiger partial charge on any atom is -0.371 e. The van der Waals surface area contributed by atoms with Crippen molar-refractivity contribution in [2.75, 3.05) is 18.0 Å². The first-order valence-electron chi connectivity index (χ1n) is 7.21. The summed E-state index contributed by atoms with van der Waals surface area (Å²) in [5, 5.41) is 0.529. The highest BCUT2D eigenvalue weighted by molar-refractivity contribution is 6.33. The third kappa shape index (κ3) is 4.08. The average Bonchev–Trinajstić information content (AvgIpc) is 2.49. The lowest BCUT2D eigenvalue weighted by atomic mass is 10.1. The van der Waals surface area contributed by atoms with Crippen LogP contribution in [0.25, 0.3) is 0 Å². The van der Waals surface area contributed by atoms with Gasteiger partial charge in [0.05, 0.1) is 5.02 Å². The third-order valence-electron chi connectivity index (χ3n) is 3.56. The molecule has 0 aliphatic carbocycles. The fourth-order valence-corrected chi connectivity index (χ4v) is 2.53. The third-order valence-corrected chi connectivity index (χ3v) is 3.89. The Morgan fingerprint density at radius 1 is 1.10 bits per heavy atom. The van der Waals surface area contributed by atoms with Crippen molar-refractivity contribution in [3.05, 3.63) is 64.7 Å². The van der Waals surface area contributed by atoms with Gasteiger partial charge >= 0.3 is 0 Å². The molecule has 3 heteroatoms. The number of carbonyl (C=O) groups excluding carboxylic acids is 1. The van der Waals surface area contributed by atoms with Gasteiger partial charge in [0.15, 0.2) is 5.78 Å². The zero-order valence-corrected chi connectivity index (χ0v) is 13.2. The number of hydrogen-bond donors (Lipinski definition) is 0. The molecule has 0 fully saturated rings. The van der Waals surface area contributed by atoms with Crippen molar-refractivity contribution in [1.29, 1.82) is 0 Å². The number of Topliss-reactive ketones (excluding diaryl/α,β-unsaturated/α-hetero) is 1. The van der Waals surface area contributed by atoms with Crippen LogP contribution in [-0.4, -0.2) is 18.9 Å². The molecule has 0 unspecified atom stereocenters. The number of carbonyl (C=O) groups is 1. The average molecular weight is 302 g/mol.